The van der Waals surface area contributed by atoms with Crippen LogP contribution in [-0.4, -0.2) is 64.1 Å². The van der Waals surface area contributed by atoms with Crippen LogP contribution in [0.4, 0.5) is 4.79 Å². The van der Waals surface area contributed by atoms with Gasteiger partial charge in [0.1, 0.15) is 5.82 Å². The summed E-state index contributed by atoms with van der Waals surface area (Å²) < 4.78 is 5.48. The van der Waals surface area contributed by atoms with Gasteiger partial charge in [0, 0.05) is 32.1 Å². The van der Waals surface area contributed by atoms with E-state index in [1.54, 1.807) is 23.0 Å². The first kappa shape index (κ1) is 15.7. The smallest absolute Gasteiger partial charge is 0.410 e. The lowest BCUT2D eigenvalue weighted by molar-refractivity contribution is 0.0552. The summed E-state index contributed by atoms with van der Waals surface area (Å²) in [6.45, 7) is 7.39. The molecule has 2 amide bonds. The lowest BCUT2D eigenvalue weighted by Gasteiger charge is -2.22. The molecule has 0 saturated carbocycles. The van der Waals surface area contributed by atoms with E-state index in [9.17, 15) is 9.59 Å². The minimum absolute atomic E-state index is 0.0970. The van der Waals surface area contributed by atoms with Crippen LogP contribution in [0.2, 0.25) is 0 Å². The van der Waals surface area contributed by atoms with Crippen molar-refractivity contribution in [2.45, 2.75) is 38.7 Å². The molecule has 0 aliphatic carbocycles. The zero-order valence-corrected chi connectivity index (χ0v) is 14.0. The molecule has 2 saturated heterocycles. The van der Waals surface area contributed by atoms with Crippen molar-refractivity contribution in [1.29, 1.82) is 0 Å². The lowest BCUT2D eigenvalue weighted by atomic mass is 10.0. The summed E-state index contributed by atoms with van der Waals surface area (Å²) in [5.74, 6) is 0.866. The average Bonchev–Trinajstić information content (AvgIpc) is 3.01. The Kier molecular flexibility index (Phi) is 3.74. The third-order valence-electron chi connectivity index (χ3n) is 4.49. The van der Waals surface area contributed by atoms with Crippen molar-refractivity contribution in [2.75, 3.05) is 26.7 Å². The Morgan fingerprint density at radius 2 is 2.13 bits per heavy atom. The summed E-state index contributed by atoms with van der Waals surface area (Å²) >= 11 is 0. The van der Waals surface area contributed by atoms with Crippen LogP contribution >= 0.6 is 0 Å². The number of carbonyl (C=O) groups is 2. The van der Waals surface area contributed by atoms with Crippen LogP contribution < -0.4 is 0 Å². The van der Waals surface area contributed by atoms with Gasteiger partial charge in [-0.15, -0.1) is 0 Å². The number of nitrogens with zero attached hydrogens (tertiary/aromatic N) is 4. The monoisotopic (exact) mass is 318 g/mol. The maximum absolute atomic E-state index is 12.7. The highest BCUT2D eigenvalue weighted by molar-refractivity contribution is 5.95. The molecule has 7 nitrogen and oxygen atoms in total. The third-order valence-corrected chi connectivity index (χ3v) is 4.49. The van der Waals surface area contributed by atoms with Gasteiger partial charge in [-0.25, -0.2) is 14.8 Å². The normalized spacial score (nSPS) is 24.0. The molecule has 0 radical (unpaired) electrons. The Hall–Kier alpha value is -2.18. The lowest BCUT2D eigenvalue weighted by Crippen LogP contribution is -2.39. The molecular weight excluding hydrogens is 296 g/mol. The predicted octanol–water partition coefficient (Wildman–Crippen LogP) is 1.58. The molecule has 1 aromatic rings. The SMILES string of the molecule is Cc1nc(C(C)C)ncc1C(=O)N1CC[C@]2(CN(C)C(=O)O2)C1. The molecule has 23 heavy (non-hydrogen) atoms. The van der Waals surface area contributed by atoms with Crippen molar-refractivity contribution in [3.05, 3.63) is 23.3 Å². The van der Waals surface area contributed by atoms with Gasteiger partial charge in [-0.05, 0) is 6.92 Å². The van der Waals surface area contributed by atoms with E-state index in [0.29, 0.717) is 37.3 Å². The Morgan fingerprint density at radius 3 is 2.70 bits per heavy atom. The molecule has 0 unspecified atom stereocenters. The van der Waals surface area contributed by atoms with Gasteiger partial charge in [0.05, 0.1) is 24.3 Å². The third kappa shape index (κ3) is 2.75. The molecule has 3 rings (SSSR count). The first-order valence-electron chi connectivity index (χ1n) is 7.88. The molecule has 1 aromatic heterocycles. The fourth-order valence-corrected chi connectivity index (χ4v) is 3.17. The van der Waals surface area contributed by atoms with Crippen LogP contribution in [0, 0.1) is 6.92 Å². The largest absolute Gasteiger partial charge is 0.439 e. The summed E-state index contributed by atoms with van der Waals surface area (Å²) in [4.78, 5) is 36.4. The summed E-state index contributed by atoms with van der Waals surface area (Å²) in [7, 11) is 1.71. The average molecular weight is 318 g/mol. The van der Waals surface area contributed by atoms with Gasteiger partial charge in [0.25, 0.3) is 5.91 Å². The molecule has 2 fully saturated rings. The van der Waals surface area contributed by atoms with Crippen LogP contribution in [0.1, 0.15) is 48.1 Å². The topological polar surface area (TPSA) is 75.6 Å². The first-order valence-corrected chi connectivity index (χ1v) is 7.88. The fraction of sp³-hybridized carbons (Fsp3) is 0.625. The molecule has 2 aliphatic rings. The van der Waals surface area contributed by atoms with E-state index in [1.807, 2.05) is 20.8 Å². The number of rotatable bonds is 2. The number of likely N-dealkylation sites (tertiary alicyclic amines) is 1. The van der Waals surface area contributed by atoms with E-state index in [-0.39, 0.29) is 17.9 Å². The molecule has 1 spiro atoms. The molecule has 0 bridgehead atoms. The number of hydrogen-bond donors (Lipinski definition) is 0. The molecular formula is C16H22N4O3. The number of aromatic nitrogens is 2. The summed E-state index contributed by atoms with van der Waals surface area (Å²) in [5.41, 5.74) is 0.646. The fourth-order valence-electron chi connectivity index (χ4n) is 3.17. The minimum atomic E-state index is -0.561. The quantitative estimate of drug-likeness (QED) is 0.827. The van der Waals surface area contributed by atoms with Crippen LogP contribution in [0.25, 0.3) is 0 Å². The van der Waals surface area contributed by atoms with Crippen molar-refractivity contribution < 1.29 is 14.3 Å². The van der Waals surface area contributed by atoms with Crippen LogP contribution in [-0.2, 0) is 4.74 Å². The number of ether oxygens (including phenoxy) is 1. The standard InChI is InChI=1S/C16H22N4O3/c1-10(2)13-17-7-12(11(3)18-13)14(21)20-6-5-16(9-20)8-19(4)15(22)23-16/h7,10H,5-6,8-9H2,1-4H3/t16-/m0/s1. The van der Waals surface area contributed by atoms with E-state index < -0.39 is 5.60 Å². The van der Waals surface area contributed by atoms with Crippen molar-refractivity contribution in [2.24, 2.45) is 0 Å². The molecule has 3 heterocycles. The number of aryl methyl sites for hydroxylation is 1. The molecule has 7 heteroatoms. The van der Waals surface area contributed by atoms with Crippen LogP contribution in [0.3, 0.4) is 0 Å². The van der Waals surface area contributed by atoms with Gasteiger partial charge in [-0.3, -0.25) is 4.79 Å². The number of carbonyl (C=O) groups excluding carboxylic acids is 2. The number of hydrogen-bond acceptors (Lipinski definition) is 5. The molecule has 2 aliphatic heterocycles. The van der Waals surface area contributed by atoms with Gasteiger partial charge < -0.3 is 14.5 Å². The van der Waals surface area contributed by atoms with Gasteiger partial charge >= 0.3 is 6.09 Å². The minimum Gasteiger partial charge on any atom is -0.439 e. The molecule has 124 valence electrons. The van der Waals surface area contributed by atoms with E-state index in [4.69, 9.17) is 4.74 Å². The van der Waals surface area contributed by atoms with Crippen molar-refractivity contribution in [3.8, 4) is 0 Å². The molecule has 0 aromatic carbocycles. The Balaban J connectivity index is 1.76. The summed E-state index contributed by atoms with van der Waals surface area (Å²) in [5, 5.41) is 0. The van der Waals surface area contributed by atoms with E-state index in [1.165, 1.54) is 0 Å². The highest BCUT2D eigenvalue weighted by Gasteiger charge is 2.49. The Bertz CT molecular complexity index is 661. The number of likely N-dealkylation sites (N-methyl/N-ethyl adjacent to an activating group) is 1. The molecule has 0 N–H and O–H groups in total. The Morgan fingerprint density at radius 1 is 1.39 bits per heavy atom. The number of amides is 2. The first-order chi connectivity index (χ1) is 10.8. The van der Waals surface area contributed by atoms with Gasteiger partial charge in [0.2, 0.25) is 0 Å². The van der Waals surface area contributed by atoms with E-state index in [0.717, 1.165) is 5.82 Å². The summed E-state index contributed by atoms with van der Waals surface area (Å²) in [6, 6.07) is 0. The van der Waals surface area contributed by atoms with Gasteiger partial charge in [0.15, 0.2) is 5.60 Å². The maximum Gasteiger partial charge on any atom is 0.410 e. The van der Waals surface area contributed by atoms with Crippen LogP contribution in [0.5, 0.6) is 0 Å². The predicted molar refractivity (Wildman–Crippen MR) is 83.2 cm³/mol. The van der Waals surface area contributed by atoms with Crippen molar-refractivity contribution in [1.82, 2.24) is 19.8 Å². The second-order valence-corrected chi connectivity index (χ2v) is 6.77. The highest BCUT2D eigenvalue weighted by Crippen LogP contribution is 2.32. The second kappa shape index (κ2) is 5.47. The van der Waals surface area contributed by atoms with Gasteiger partial charge in [-0.1, -0.05) is 13.8 Å². The summed E-state index contributed by atoms with van der Waals surface area (Å²) in [6.07, 6.45) is 1.96. The Labute approximate surface area is 135 Å². The zero-order chi connectivity index (χ0) is 16.8. The van der Waals surface area contributed by atoms with Crippen LogP contribution in [0.15, 0.2) is 6.20 Å². The second-order valence-electron chi connectivity index (χ2n) is 6.77. The van der Waals surface area contributed by atoms with Crippen molar-refractivity contribution >= 4 is 12.0 Å². The van der Waals surface area contributed by atoms with E-state index in [2.05, 4.69) is 9.97 Å². The van der Waals surface area contributed by atoms with Gasteiger partial charge in [-0.2, -0.15) is 0 Å². The molecule has 1 atom stereocenters. The van der Waals surface area contributed by atoms with Crippen molar-refractivity contribution in [3.63, 3.8) is 0 Å². The highest BCUT2D eigenvalue weighted by atomic mass is 16.6. The zero-order valence-electron chi connectivity index (χ0n) is 14.0. The maximum atomic E-state index is 12.7. The van der Waals surface area contributed by atoms with E-state index >= 15 is 0 Å².